The van der Waals surface area contributed by atoms with Crippen LogP contribution in [0.5, 0.6) is 17.2 Å². The van der Waals surface area contributed by atoms with Gasteiger partial charge < -0.3 is 29.4 Å². The van der Waals surface area contributed by atoms with Gasteiger partial charge in [-0.15, -0.1) is 0 Å². The van der Waals surface area contributed by atoms with Gasteiger partial charge in [-0.05, 0) is 74.8 Å². The monoisotopic (exact) mass is 558 g/mol. The Morgan fingerprint density at radius 1 is 1.07 bits per heavy atom. The van der Waals surface area contributed by atoms with E-state index >= 15 is 0 Å². The number of ether oxygens (including phenoxy) is 4. The highest BCUT2D eigenvalue weighted by Gasteiger charge is 2.29. The predicted octanol–water partition coefficient (Wildman–Crippen LogP) is 6.93. The fourth-order valence-electron chi connectivity index (χ4n) is 5.47. The van der Waals surface area contributed by atoms with Crippen LogP contribution < -0.4 is 19.4 Å². The molecule has 0 bridgehead atoms. The molecule has 1 aliphatic carbocycles. The average molecular weight is 559 g/mol. The second-order valence-corrected chi connectivity index (χ2v) is 10.3. The second kappa shape index (κ2) is 12.0. The molecule has 3 aromatic rings. The Bertz CT molecular complexity index is 1600. The lowest BCUT2D eigenvalue weighted by Gasteiger charge is -2.26. The maximum Gasteiger partial charge on any atom is 0.339 e. The molecule has 9 nitrogen and oxygen atoms in total. The lowest BCUT2D eigenvalue weighted by Crippen LogP contribution is -2.19. The average Bonchev–Trinajstić information content (AvgIpc) is 3.43. The van der Waals surface area contributed by atoms with Gasteiger partial charge in [0.1, 0.15) is 18.1 Å². The lowest BCUT2D eigenvalue weighted by molar-refractivity contribution is -0.105. The van der Waals surface area contributed by atoms with E-state index in [1.807, 2.05) is 13.0 Å². The first-order valence-corrected chi connectivity index (χ1v) is 13.5. The molecule has 2 aliphatic rings. The Hall–Kier alpha value is -4.34. The number of carbonyl (C=O) groups excluding carboxylic acids is 2. The number of carbonyl (C=O) groups is 2. The zero-order chi connectivity index (χ0) is 29.1. The Morgan fingerprint density at radius 3 is 2.61 bits per heavy atom. The van der Waals surface area contributed by atoms with E-state index < -0.39 is 12.1 Å². The molecule has 1 atom stereocenters. The molecule has 0 saturated heterocycles. The van der Waals surface area contributed by atoms with E-state index in [0.29, 0.717) is 58.2 Å². The molecular weight excluding hydrogens is 526 g/mol. The summed E-state index contributed by atoms with van der Waals surface area (Å²) in [7, 11) is 1.50. The Kier molecular flexibility index (Phi) is 8.28. The number of nitrogens with zero attached hydrogens (tertiary/aromatic N) is 1. The van der Waals surface area contributed by atoms with Gasteiger partial charge in [-0.3, -0.25) is 10.0 Å². The third-order valence-electron chi connectivity index (χ3n) is 7.47. The summed E-state index contributed by atoms with van der Waals surface area (Å²) in [6, 6.07) is 8.24. The second-order valence-electron chi connectivity index (χ2n) is 10.3. The summed E-state index contributed by atoms with van der Waals surface area (Å²) in [6.07, 6.45) is 9.41. The van der Waals surface area contributed by atoms with Crippen LogP contribution in [0.25, 0.3) is 21.5 Å². The van der Waals surface area contributed by atoms with Crippen molar-refractivity contribution in [3.8, 4) is 17.2 Å². The largest absolute Gasteiger partial charge is 0.733 e. The van der Waals surface area contributed by atoms with E-state index in [-0.39, 0.29) is 28.7 Å². The zero-order valence-corrected chi connectivity index (χ0v) is 23.3. The summed E-state index contributed by atoms with van der Waals surface area (Å²) in [5.41, 5.74) is 2.67. The van der Waals surface area contributed by atoms with Crippen LogP contribution in [0.4, 0.5) is 5.69 Å². The molecule has 0 aromatic heterocycles. The first kappa shape index (κ1) is 28.2. The van der Waals surface area contributed by atoms with Crippen molar-refractivity contribution in [2.45, 2.75) is 52.1 Å². The maximum absolute atomic E-state index is 13.9. The van der Waals surface area contributed by atoms with E-state index in [0.717, 1.165) is 24.7 Å². The fraction of sp³-hybridized carbons (Fsp3) is 0.312. The lowest BCUT2D eigenvalue weighted by atomic mass is 9.94. The number of allylic oxidation sites excluding steroid dienone is 4. The molecule has 41 heavy (non-hydrogen) atoms. The molecule has 0 radical (unpaired) electrons. The van der Waals surface area contributed by atoms with E-state index in [4.69, 9.17) is 18.9 Å². The SMILES string of the molecule is COc1cccc2c1cc(N([O-])O)c1c(C(=O)OC3C=C(C=O)CCC=C(C)CCC=C(C)C3)cc3c(c12)OCO3. The zero-order valence-electron chi connectivity index (χ0n) is 23.3. The van der Waals surface area contributed by atoms with Crippen molar-refractivity contribution in [3.05, 3.63) is 76.0 Å². The molecular formula is C32H32NO8-. The molecule has 3 aromatic carbocycles. The summed E-state index contributed by atoms with van der Waals surface area (Å²) in [6.45, 7) is 3.97. The number of fused-ring (bicyclic) bond motifs is 5. The number of esters is 1. The normalized spacial score (nSPS) is 17.6. The summed E-state index contributed by atoms with van der Waals surface area (Å²) in [4.78, 5) is 25.8. The van der Waals surface area contributed by atoms with Gasteiger partial charge in [0.05, 0.1) is 18.4 Å². The van der Waals surface area contributed by atoms with Crippen molar-refractivity contribution in [3.63, 3.8) is 0 Å². The number of hydrogen-bond donors (Lipinski definition) is 1. The van der Waals surface area contributed by atoms with Crippen molar-refractivity contribution < 1.29 is 33.7 Å². The standard InChI is InChI=1S/C32H32NO8/c1-19-7-4-9-20(2)13-22(14-21(17-34)10-5-8-19)41-32(35)25-16-28-31(40-18-39-28)30-23-11-6-12-27(38-3)24(23)15-26(29(25)30)33(36)37/h6,8-9,11-12,14-17,22,36H,4-5,7,10,13,18H2,1-3H3/q-1. The minimum absolute atomic E-state index is 0.0197. The number of methoxy groups -OCH3 is 1. The molecule has 0 saturated carbocycles. The van der Waals surface area contributed by atoms with E-state index in [1.165, 1.54) is 24.8 Å². The first-order chi connectivity index (χ1) is 19.8. The summed E-state index contributed by atoms with van der Waals surface area (Å²) in [5.74, 6) is 0.387. The van der Waals surface area contributed by atoms with Crippen LogP contribution in [-0.2, 0) is 9.53 Å². The van der Waals surface area contributed by atoms with E-state index in [9.17, 15) is 20.0 Å². The van der Waals surface area contributed by atoms with Crippen molar-refractivity contribution in [2.75, 3.05) is 19.1 Å². The molecule has 0 amide bonds. The Labute approximate surface area is 237 Å². The third-order valence-corrected chi connectivity index (χ3v) is 7.47. The van der Waals surface area contributed by atoms with Crippen LogP contribution >= 0.6 is 0 Å². The fourth-order valence-corrected chi connectivity index (χ4v) is 5.47. The summed E-state index contributed by atoms with van der Waals surface area (Å²) < 4.78 is 22.9. The Morgan fingerprint density at radius 2 is 1.85 bits per heavy atom. The quantitative estimate of drug-likeness (QED) is 0.117. The molecule has 0 fully saturated rings. The van der Waals surface area contributed by atoms with Gasteiger partial charge in [-0.1, -0.05) is 35.4 Å². The van der Waals surface area contributed by atoms with E-state index in [2.05, 4.69) is 19.1 Å². The minimum Gasteiger partial charge on any atom is -0.733 e. The first-order valence-electron chi connectivity index (χ1n) is 13.5. The van der Waals surface area contributed by atoms with E-state index in [1.54, 1.807) is 18.2 Å². The van der Waals surface area contributed by atoms with Crippen molar-refractivity contribution in [2.24, 2.45) is 0 Å². The molecule has 0 spiro atoms. The number of aldehydes is 1. The number of hydrogen-bond acceptors (Lipinski definition) is 9. The van der Waals surface area contributed by atoms with Crippen LogP contribution in [-0.4, -0.2) is 37.5 Å². The number of rotatable bonds is 5. The van der Waals surface area contributed by atoms with Crippen LogP contribution in [0.1, 0.15) is 56.3 Å². The topological polar surface area (TPSA) is 118 Å². The molecule has 1 heterocycles. The van der Waals surface area contributed by atoms with Crippen molar-refractivity contribution in [1.29, 1.82) is 0 Å². The van der Waals surface area contributed by atoms with Crippen molar-refractivity contribution in [1.82, 2.24) is 0 Å². The molecule has 5 rings (SSSR count). The number of anilines is 1. The van der Waals surface area contributed by atoms with Crippen LogP contribution in [0, 0.1) is 5.21 Å². The van der Waals surface area contributed by atoms with Gasteiger partial charge in [0.25, 0.3) is 0 Å². The Balaban J connectivity index is 1.65. The molecule has 1 unspecified atom stereocenters. The van der Waals surface area contributed by atoms with Gasteiger partial charge in [-0.25, -0.2) is 4.79 Å². The van der Waals surface area contributed by atoms with Crippen LogP contribution in [0.15, 0.2) is 65.3 Å². The van der Waals surface area contributed by atoms with Gasteiger partial charge in [0.2, 0.25) is 6.79 Å². The third kappa shape index (κ3) is 5.77. The molecule has 214 valence electrons. The van der Waals surface area contributed by atoms with Gasteiger partial charge >= 0.3 is 5.97 Å². The highest BCUT2D eigenvalue weighted by molar-refractivity contribution is 6.23. The molecule has 1 N–H and O–H groups in total. The van der Waals surface area contributed by atoms with Gasteiger partial charge in [0.15, 0.2) is 11.5 Å². The number of benzene rings is 3. The summed E-state index contributed by atoms with van der Waals surface area (Å²) in [5, 5.41) is 24.1. The smallest absolute Gasteiger partial charge is 0.339 e. The molecule has 1 aliphatic heterocycles. The maximum atomic E-state index is 13.9. The minimum atomic E-state index is -0.735. The highest BCUT2D eigenvalue weighted by Crippen LogP contribution is 2.49. The van der Waals surface area contributed by atoms with Crippen LogP contribution in [0.2, 0.25) is 0 Å². The van der Waals surface area contributed by atoms with Gasteiger partial charge in [-0.2, -0.15) is 0 Å². The van der Waals surface area contributed by atoms with Crippen molar-refractivity contribution >= 4 is 39.5 Å². The summed E-state index contributed by atoms with van der Waals surface area (Å²) >= 11 is 0. The van der Waals surface area contributed by atoms with Gasteiger partial charge in [0, 0.05) is 22.6 Å². The predicted molar refractivity (Wildman–Crippen MR) is 156 cm³/mol. The highest BCUT2D eigenvalue weighted by atomic mass is 16.8. The molecule has 9 heteroatoms. The van der Waals surface area contributed by atoms with Crippen LogP contribution in [0.3, 0.4) is 0 Å².